The van der Waals surface area contributed by atoms with Crippen molar-refractivity contribution in [3.05, 3.63) is 62.5 Å². The molecule has 2 heterocycles. The molecular formula is C23H24N2O5. The summed E-state index contributed by atoms with van der Waals surface area (Å²) in [5, 5.41) is 16.2. The number of nitrogens with one attached hydrogen (secondary N) is 1. The number of fused-ring (bicyclic) bond motifs is 1. The summed E-state index contributed by atoms with van der Waals surface area (Å²) in [6.45, 7) is 5.38. The Labute approximate surface area is 173 Å². The van der Waals surface area contributed by atoms with Crippen LogP contribution in [0, 0.1) is 20.8 Å². The minimum Gasteiger partial charge on any atom is -0.506 e. The zero-order valence-corrected chi connectivity index (χ0v) is 17.6. The Hall–Kier alpha value is -3.48. The topological polar surface area (TPSA) is 93.3 Å². The average molecular weight is 408 g/mol. The van der Waals surface area contributed by atoms with E-state index in [0.717, 1.165) is 16.8 Å². The van der Waals surface area contributed by atoms with E-state index in [9.17, 15) is 9.90 Å². The molecule has 2 N–H and O–H groups in total. The van der Waals surface area contributed by atoms with Crippen LogP contribution in [0.2, 0.25) is 0 Å². The number of nitrogens with zero attached hydrogens (tertiary/aromatic N) is 1. The Morgan fingerprint density at radius 3 is 2.60 bits per heavy atom. The number of ether oxygens (including phenoxy) is 2. The molecule has 0 spiro atoms. The zero-order chi connectivity index (χ0) is 21.6. The Morgan fingerprint density at radius 2 is 1.90 bits per heavy atom. The van der Waals surface area contributed by atoms with Crippen LogP contribution in [0.15, 0.2) is 38.6 Å². The molecule has 1 aliphatic rings. The molecule has 30 heavy (non-hydrogen) atoms. The smallest absolute Gasteiger partial charge is 0.339 e. The molecule has 0 aliphatic carbocycles. The van der Waals surface area contributed by atoms with E-state index < -0.39 is 5.63 Å². The maximum absolute atomic E-state index is 12.0. The van der Waals surface area contributed by atoms with Crippen molar-refractivity contribution >= 4 is 16.7 Å². The first-order valence-corrected chi connectivity index (χ1v) is 9.66. The van der Waals surface area contributed by atoms with Crippen LogP contribution >= 0.6 is 0 Å². The highest BCUT2D eigenvalue weighted by molar-refractivity contribution is 6.09. The number of aryl methyl sites for hydroxylation is 2. The Bertz CT molecular complexity index is 1240. The number of phenols is 1. The molecule has 0 saturated carbocycles. The molecule has 0 bridgehead atoms. The summed E-state index contributed by atoms with van der Waals surface area (Å²) in [5.41, 5.74) is 7.46. The zero-order valence-electron chi connectivity index (χ0n) is 17.6. The van der Waals surface area contributed by atoms with Gasteiger partial charge in [-0.25, -0.2) is 4.79 Å². The van der Waals surface area contributed by atoms with Crippen LogP contribution in [0.25, 0.3) is 11.0 Å². The first kappa shape index (κ1) is 19.8. The summed E-state index contributed by atoms with van der Waals surface area (Å²) in [7, 11) is 3.23. The van der Waals surface area contributed by atoms with E-state index in [4.69, 9.17) is 13.9 Å². The van der Waals surface area contributed by atoms with Gasteiger partial charge in [0.25, 0.3) is 0 Å². The SMILES string of the molecule is COc1ccc([C@@H]2CC(c3c(C)cc4oc(=O)c(C)c(C)c4c3O)=NN2)c(OC)c1. The molecule has 2 aromatic carbocycles. The van der Waals surface area contributed by atoms with Crippen molar-refractivity contribution in [2.45, 2.75) is 33.2 Å². The summed E-state index contributed by atoms with van der Waals surface area (Å²) in [4.78, 5) is 12.0. The van der Waals surface area contributed by atoms with Gasteiger partial charge in [-0.1, -0.05) is 0 Å². The Balaban J connectivity index is 1.75. The Morgan fingerprint density at radius 1 is 1.13 bits per heavy atom. The van der Waals surface area contributed by atoms with Crippen LogP contribution < -0.4 is 20.5 Å². The lowest BCUT2D eigenvalue weighted by molar-refractivity contribution is 0.386. The van der Waals surface area contributed by atoms with Gasteiger partial charge in [-0.3, -0.25) is 0 Å². The van der Waals surface area contributed by atoms with E-state index in [2.05, 4.69) is 10.5 Å². The molecule has 1 aromatic heterocycles. The van der Waals surface area contributed by atoms with Crippen molar-refractivity contribution in [3.8, 4) is 17.2 Å². The van der Waals surface area contributed by atoms with Crippen molar-refractivity contribution < 1.29 is 19.0 Å². The fraction of sp³-hybridized carbons (Fsp3) is 0.304. The number of rotatable bonds is 4. The van der Waals surface area contributed by atoms with Crippen LogP contribution in [-0.2, 0) is 0 Å². The molecule has 1 aliphatic heterocycles. The van der Waals surface area contributed by atoms with E-state index in [1.165, 1.54) is 0 Å². The van der Waals surface area contributed by atoms with E-state index in [0.29, 0.717) is 45.6 Å². The van der Waals surface area contributed by atoms with Crippen molar-refractivity contribution in [2.75, 3.05) is 14.2 Å². The summed E-state index contributed by atoms with van der Waals surface area (Å²) >= 11 is 0. The van der Waals surface area contributed by atoms with Crippen LogP contribution in [0.5, 0.6) is 17.2 Å². The normalized spacial score (nSPS) is 15.8. The second-order valence-corrected chi connectivity index (χ2v) is 7.48. The third-order valence-corrected chi connectivity index (χ3v) is 5.77. The maximum atomic E-state index is 12.0. The standard InChI is InChI=1S/C23H24N2O5/c1-11-8-19-21(12(2)13(3)23(27)30-19)22(26)20(11)17-10-16(24-25-17)15-7-6-14(28-4)9-18(15)29-5/h6-9,16,24,26H,10H2,1-5H3/t16-/m0/s1. The van der Waals surface area contributed by atoms with Crippen LogP contribution in [0.1, 0.15) is 40.3 Å². The molecule has 4 rings (SSSR count). The van der Waals surface area contributed by atoms with Gasteiger partial charge in [0.15, 0.2) is 0 Å². The second kappa shape index (κ2) is 7.40. The first-order chi connectivity index (χ1) is 14.3. The van der Waals surface area contributed by atoms with Crippen molar-refractivity contribution in [3.63, 3.8) is 0 Å². The number of hydrogen-bond acceptors (Lipinski definition) is 7. The minimum absolute atomic E-state index is 0.0808. The van der Waals surface area contributed by atoms with Gasteiger partial charge < -0.3 is 24.4 Å². The van der Waals surface area contributed by atoms with Gasteiger partial charge in [0.1, 0.15) is 22.8 Å². The lowest BCUT2D eigenvalue weighted by Crippen LogP contribution is -2.12. The molecule has 0 radical (unpaired) electrons. The number of methoxy groups -OCH3 is 2. The lowest BCUT2D eigenvalue weighted by atomic mass is 9.92. The fourth-order valence-electron chi connectivity index (χ4n) is 3.98. The predicted molar refractivity (Wildman–Crippen MR) is 115 cm³/mol. The molecule has 156 valence electrons. The molecule has 0 unspecified atom stereocenters. The highest BCUT2D eigenvalue weighted by Gasteiger charge is 2.28. The van der Waals surface area contributed by atoms with E-state index in [1.807, 2.05) is 32.0 Å². The van der Waals surface area contributed by atoms with Gasteiger partial charge in [0.05, 0.1) is 31.4 Å². The average Bonchev–Trinajstić information content (AvgIpc) is 3.20. The van der Waals surface area contributed by atoms with Crippen molar-refractivity contribution in [1.82, 2.24) is 5.43 Å². The highest BCUT2D eigenvalue weighted by atomic mass is 16.5. The first-order valence-electron chi connectivity index (χ1n) is 9.66. The third-order valence-electron chi connectivity index (χ3n) is 5.77. The van der Waals surface area contributed by atoms with Crippen LogP contribution in [0.3, 0.4) is 0 Å². The predicted octanol–water partition coefficient (Wildman–Crippen LogP) is 3.88. The molecular weight excluding hydrogens is 384 g/mol. The summed E-state index contributed by atoms with van der Waals surface area (Å²) in [5.74, 6) is 1.50. The molecule has 7 heteroatoms. The van der Waals surface area contributed by atoms with Gasteiger partial charge in [0, 0.05) is 29.2 Å². The molecule has 0 amide bonds. The quantitative estimate of drug-likeness (QED) is 0.637. The highest BCUT2D eigenvalue weighted by Crippen LogP contribution is 2.39. The minimum atomic E-state index is -0.391. The number of hydrazone groups is 1. The summed E-state index contributed by atoms with van der Waals surface area (Å²) in [6.07, 6.45) is 0.567. The molecule has 7 nitrogen and oxygen atoms in total. The Kier molecular flexibility index (Phi) is 4.89. The number of phenolic OH excluding ortho intramolecular Hbond substituents is 1. The monoisotopic (exact) mass is 408 g/mol. The van der Waals surface area contributed by atoms with Crippen LogP contribution in [-0.4, -0.2) is 25.0 Å². The third kappa shape index (κ3) is 3.07. The number of hydrogen-bond donors (Lipinski definition) is 2. The fourth-order valence-corrected chi connectivity index (χ4v) is 3.98. The van der Waals surface area contributed by atoms with Gasteiger partial charge in [-0.2, -0.15) is 5.10 Å². The van der Waals surface area contributed by atoms with E-state index in [1.54, 1.807) is 27.2 Å². The van der Waals surface area contributed by atoms with Gasteiger partial charge in [-0.05, 0) is 50.1 Å². The van der Waals surface area contributed by atoms with Crippen molar-refractivity contribution in [2.24, 2.45) is 5.10 Å². The molecule has 1 atom stereocenters. The largest absolute Gasteiger partial charge is 0.506 e. The van der Waals surface area contributed by atoms with Crippen LogP contribution in [0.4, 0.5) is 0 Å². The maximum Gasteiger partial charge on any atom is 0.339 e. The lowest BCUT2D eigenvalue weighted by Gasteiger charge is -2.16. The summed E-state index contributed by atoms with van der Waals surface area (Å²) in [6, 6.07) is 7.34. The number of benzene rings is 2. The molecule has 3 aromatic rings. The van der Waals surface area contributed by atoms with Crippen molar-refractivity contribution in [1.29, 1.82) is 0 Å². The second-order valence-electron chi connectivity index (χ2n) is 7.48. The summed E-state index contributed by atoms with van der Waals surface area (Å²) < 4.78 is 16.2. The van der Waals surface area contributed by atoms with Gasteiger partial charge in [0.2, 0.25) is 0 Å². The van der Waals surface area contributed by atoms with E-state index in [-0.39, 0.29) is 11.8 Å². The number of aromatic hydroxyl groups is 1. The molecule has 0 saturated heterocycles. The van der Waals surface area contributed by atoms with E-state index >= 15 is 0 Å². The molecule has 0 fully saturated rings. The van der Waals surface area contributed by atoms with Gasteiger partial charge in [-0.15, -0.1) is 0 Å². The van der Waals surface area contributed by atoms with Gasteiger partial charge >= 0.3 is 5.63 Å².